The molecule has 0 bridgehead atoms. The summed E-state index contributed by atoms with van der Waals surface area (Å²) >= 11 is 0. The smallest absolute Gasteiger partial charge is 0.159 e. The molecule has 2 saturated carbocycles. The van der Waals surface area contributed by atoms with Crippen molar-refractivity contribution < 1.29 is 8.78 Å². The molecule has 2 aromatic rings. The van der Waals surface area contributed by atoms with Crippen LogP contribution < -0.4 is 0 Å². The van der Waals surface area contributed by atoms with Crippen LogP contribution in [-0.4, -0.2) is 0 Å². The quantitative estimate of drug-likeness (QED) is 0.568. The summed E-state index contributed by atoms with van der Waals surface area (Å²) in [6.07, 6.45) is 7.98. The highest BCUT2D eigenvalue weighted by molar-refractivity contribution is 5.83. The molecule has 2 aliphatic carbocycles. The van der Waals surface area contributed by atoms with Crippen LogP contribution in [0.2, 0.25) is 0 Å². The summed E-state index contributed by atoms with van der Waals surface area (Å²) in [5, 5.41) is 1.61. The van der Waals surface area contributed by atoms with Crippen LogP contribution in [0.5, 0.6) is 0 Å². The molecule has 0 heterocycles. The van der Waals surface area contributed by atoms with Crippen LogP contribution >= 0.6 is 0 Å². The monoisotopic (exact) mass is 314 g/mol. The van der Waals surface area contributed by atoms with E-state index in [-0.39, 0.29) is 0 Å². The highest BCUT2D eigenvalue weighted by Crippen LogP contribution is 2.47. The first-order valence-electron chi connectivity index (χ1n) is 8.99. The topological polar surface area (TPSA) is 0 Å². The van der Waals surface area contributed by atoms with Gasteiger partial charge in [-0.3, -0.25) is 0 Å². The van der Waals surface area contributed by atoms with E-state index in [1.165, 1.54) is 56.2 Å². The van der Waals surface area contributed by atoms with E-state index < -0.39 is 11.6 Å². The molecule has 0 aromatic heterocycles. The van der Waals surface area contributed by atoms with Crippen LogP contribution in [0.1, 0.15) is 56.9 Å². The summed E-state index contributed by atoms with van der Waals surface area (Å²) in [5.74, 6) is 1.75. The van der Waals surface area contributed by atoms with Crippen molar-refractivity contribution in [2.24, 2.45) is 17.8 Å². The van der Waals surface area contributed by atoms with E-state index >= 15 is 0 Å². The fourth-order valence-electron chi connectivity index (χ4n) is 4.94. The summed E-state index contributed by atoms with van der Waals surface area (Å²) < 4.78 is 26.9. The molecule has 0 radical (unpaired) electrons. The number of benzene rings is 2. The molecule has 2 unspecified atom stereocenters. The van der Waals surface area contributed by atoms with Crippen LogP contribution in [0.4, 0.5) is 8.78 Å². The standard InChI is InChI=1S/C21H24F2/c1-13-2-3-15-9-16(5-4-14(15)8-13)17-6-7-18-11-20(22)21(23)12-19(18)10-17/h6-7,10-16H,2-5,8-9H2,1H3/t13-,14?,15-,16?/m1/s1. The number of rotatable bonds is 1. The van der Waals surface area contributed by atoms with Gasteiger partial charge >= 0.3 is 0 Å². The lowest BCUT2D eigenvalue weighted by Gasteiger charge is -2.41. The largest absolute Gasteiger partial charge is 0.204 e. The van der Waals surface area contributed by atoms with Gasteiger partial charge in [-0.1, -0.05) is 31.5 Å². The molecule has 23 heavy (non-hydrogen) atoms. The van der Waals surface area contributed by atoms with Crippen molar-refractivity contribution in [1.82, 2.24) is 0 Å². The number of hydrogen-bond acceptors (Lipinski definition) is 0. The molecule has 0 nitrogen and oxygen atoms in total. The molecule has 2 aliphatic rings. The second-order valence-corrected chi connectivity index (χ2v) is 7.82. The van der Waals surface area contributed by atoms with Gasteiger partial charge in [-0.15, -0.1) is 0 Å². The van der Waals surface area contributed by atoms with Crippen molar-refractivity contribution in [3.8, 4) is 0 Å². The lowest BCUT2D eigenvalue weighted by molar-refractivity contribution is 0.124. The summed E-state index contributed by atoms with van der Waals surface area (Å²) in [6, 6.07) is 8.78. The fraction of sp³-hybridized carbons (Fsp3) is 0.524. The van der Waals surface area contributed by atoms with Crippen molar-refractivity contribution in [1.29, 1.82) is 0 Å². The Morgan fingerprint density at radius 1 is 0.783 bits per heavy atom. The minimum Gasteiger partial charge on any atom is -0.204 e. The van der Waals surface area contributed by atoms with Gasteiger partial charge in [0.1, 0.15) is 0 Å². The normalized spacial score (nSPS) is 31.1. The van der Waals surface area contributed by atoms with E-state index in [1.54, 1.807) is 0 Å². The van der Waals surface area contributed by atoms with E-state index in [2.05, 4.69) is 19.1 Å². The van der Waals surface area contributed by atoms with Gasteiger partial charge in [0.2, 0.25) is 0 Å². The molecule has 0 amide bonds. The van der Waals surface area contributed by atoms with Gasteiger partial charge in [0, 0.05) is 0 Å². The first-order chi connectivity index (χ1) is 11.1. The first-order valence-corrected chi connectivity index (χ1v) is 8.99. The molecule has 2 fully saturated rings. The van der Waals surface area contributed by atoms with Crippen LogP contribution in [0.15, 0.2) is 30.3 Å². The maximum atomic E-state index is 13.5. The third-order valence-corrected chi connectivity index (χ3v) is 6.25. The predicted molar refractivity (Wildman–Crippen MR) is 90.5 cm³/mol. The summed E-state index contributed by atoms with van der Waals surface area (Å²) in [7, 11) is 0. The van der Waals surface area contributed by atoms with Crippen LogP contribution in [-0.2, 0) is 0 Å². The Kier molecular flexibility index (Phi) is 3.87. The summed E-state index contributed by atoms with van der Waals surface area (Å²) in [6.45, 7) is 2.39. The molecule has 4 rings (SSSR count). The van der Waals surface area contributed by atoms with Crippen molar-refractivity contribution in [2.75, 3.05) is 0 Å². The minimum atomic E-state index is -0.762. The van der Waals surface area contributed by atoms with Crippen molar-refractivity contribution in [2.45, 2.75) is 51.4 Å². The highest BCUT2D eigenvalue weighted by Gasteiger charge is 2.34. The number of hydrogen-bond donors (Lipinski definition) is 0. The Hall–Kier alpha value is -1.44. The molecule has 0 aliphatic heterocycles. The molecule has 2 heteroatoms. The third-order valence-electron chi connectivity index (χ3n) is 6.25. The Morgan fingerprint density at radius 3 is 2.30 bits per heavy atom. The van der Waals surface area contributed by atoms with Gasteiger partial charge in [-0.2, -0.15) is 0 Å². The average Bonchev–Trinajstić information content (AvgIpc) is 2.55. The second kappa shape index (κ2) is 5.89. The molecule has 2 aromatic carbocycles. The maximum Gasteiger partial charge on any atom is 0.159 e. The number of halogens is 2. The summed E-state index contributed by atoms with van der Waals surface area (Å²) in [5.41, 5.74) is 1.31. The Morgan fingerprint density at radius 2 is 1.48 bits per heavy atom. The lowest BCUT2D eigenvalue weighted by atomic mass is 9.64. The van der Waals surface area contributed by atoms with E-state index in [4.69, 9.17) is 0 Å². The minimum absolute atomic E-state index is 0.585. The molecular weight excluding hydrogens is 290 g/mol. The van der Waals surface area contributed by atoms with E-state index in [9.17, 15) is 8.78 Å². The molecule has 0 N–H and O–H groups in total. The van der Waals surface area contributed by atoms with Gasteiger partial charge in [0.25, 0.3) is 0 Å². The molecule has 4 atom stereocenters. The predicted octanol–water partition coefficient (Wildman–Crippen LogP) is 6.44. The van der Waals surface area contributed by atoms with Crippen molar-refractivity contribution in [3.63, 3.8) is 0 Å². The number of fused-ring (bicyclic) bond motifs is 2. The third kappa shape index (κ3) is 2.88. The Labute approximate surface area is 136 Å². The zero-order valence-corrected chi connectivity index (χ0v) is 13.7. The molecule has 0 spiro atoms. The van der Waals surface area contributed by atoms with Gasteiger partial charge in [0.15, 0.2) is 11.6 Å². The van der Waals surface area contributed by atoms with Gasteiger partial charge in [-0.25, -0.2) is 8.78 Å². The maximum absolute atomic E-state index is 13.5. The lowest BCUT2D eigenvalue weighted by Crippen LogP contribution is -2.29. The molecule has 0 saturated heterocycles. The molecule has 122 valence electrons. The van der Waals surface area contributed by atoms with Crippen molar-refractivity contribution in [3.05, 3.63) is 47.5 Å². The fourth-order valence-corrected chi connectivity index (χ4v) is 4.94. The van der Waals surface area contributed by atoms with Gasteiger partial charge in [0.05, 0.1) is 0 Å². The Balaban J connectivity index is 1.58. The van der Waals surface area contributed by atoms with Crippen LogP contribution in [0.25, 0.3) is 10.8 Å². The second-order valence-electron chi connectivity index (χ2n) is 7.82. The zero-order valence-electron chi connectivity index (χ0n) is 13.7. The van der Waals surface area contributed by atoms with E-state index in [0.29, 0.717) is 5.92 Å². The first kappa shape index (κ1) is 15.1. The van der Waals surface area contributed by atoms with Gasteiger partial charge < -0.3 is 0 Å². The van der Waals surface area contributed by atoms with E-state index in [1.807, 2.05) is 6.07 Å². The van der Waals surface area contributed by atoms with Crippen LogP contribution in [0, 0.1) is 29.4 Å². The van der Waals surface area contributed by atoms with Crippen molar-refractivity contribution >= 4 is 10.8 Å². The SMILES string of the molecule is C[C@@H]1CC[C@@H]2CC(c3ccc4cc(F)c(F)cc4c3)CCC2C1. The highest BCUT2D eigenvalue weighted by atomic mass is 19.2. The molecular formula is C21H24F2. The average molecular weight is 314 g/mol. The Bertz CT molecular complexity index is 721. The van der Waals surface area contributed by atoms with Gasteiger partial charge in [-0.05, 0) is 84.2 Å². The summed E-state index contributed by atoms with van der Waals surface area (Å²) in [4.78, 5) is 0. The van der Waals surface area contributed by atoms with E-state index in [0.717, 1.165) is 28.5 Å². The zero-order chi connectivity index (χ0) is 16.0. The van der Waals surface area contributed by atoms with Crippen LogP contribution in [0.3, 0.4) is 0 Å².